The Balaban J connectivity index is 0.000000397. The van der Waals surface area contributed by atoms with Crippen LogP contribution in [0.2, 0.25) is 5.02 Å². The molecule has 0 unspecified atom stereocenters. The van der Waals surface area contributed by atoms with E-state index in [9.17, 15) is 4.79 Å². The number of hydrogen-bond acceptors (Lipinski definition) is 5. The van der Waals surface area contributed by atoms with Gasteiger partial charge in [0.15, 0.2) is 0 Å². The Kier molecular flexibility index (Phi) is 7.43. The number of anilines is 1. The summed E-state index contributed by atoms with van der Waals surface area (Å²) in [5.74, 6) is 0.533. The van der Waals surface area contributed by atoms with E-state index < -0.39 is 5.69 Å². The lowest BCUT2D eigenvalue weighted by molar-refractivity contribution is 0.0412. The second-order valence-corrected chi connectivity index (χ2v) is 6.91. The van der Waals surface area contributed by atoms with Crippen LogP contribution in [0.5, 0.6) is 5.75 Å². The van der Waals surface area contributed by atoms with Crippen LogP contribution in [0.3, 0.4) is 0 Å². The molecule has 150 valence electrons. The molecule has 7 heteroatoms. The van der Waals surface area contributed by atoms with Crippen molar-refractivity contribution in [2.24, 2.45) is 0 Å². The molecule has 0 saturated heterocycles. The fourth-order valence-electron chi connectivity index (χ4n) is 2.83. The molecule has 1 saturated carbocycles. The van der Waals surface area contributed by atoms with Crippen LogP contribution in [-0.4, -0.2) is 29.9 Å². The molecular weight excluding hydrogens is 378 g/mol. The van der Waals surface area contributed by atoms with E-state index >= 15 is 0 Å². The molecule has 1 heterocycles. The summed E-state index contributed by atoms with van der Waals surface area (Å²) < 4.78 is 11.7. The molecule has 1 aromatic carbocycles. The Bertz CT molecular complexity index is 972. The number of nitrogens with zero attached hydrogens (tertiary/aromatic N) is 2. The van der Waals surface area contributed by atoms with Gasteiger partial charge >= 0.3 is 5.69 Å². The van der Waals surface area contributed by atoms with Crippen LogP contribution in [0.15, 0.2) is 47.8 Å². The fraction of sp³-hybridized carbons (Fsp3) is 0.333. The van der Waals surface area contributed by atoms with Gasteiger partial charge in [-0.1, -0.05) is 30.8 Å². The lowest BCUT2D eigenvalue weighted by atomic mass is 9.96. The molecule has 0 atom stereocenters. The maximum absolute atomic E-state index is 12.4. The van der Waals surface area contributed by atoms with Gasteiger partial charge in [0.05, 0.1) is 29.8 Å². The van der Waals surface area contributed by atoms with Gasteiger partial charge in [0.25, 0.3) is 0 Å². The molecule has 0 bridgehead atoms. The van der Waals surface area contributed by atoms with Gasteiger partial charge in [0.1, 0.15) is 11.6 Å². The Hall–Kier alpha value is -2.57. The van der Waals surface area contributed by atoms with E-state index in [0.29, 0.717) is 39.0 Å². The number of halogens is 1. The van der Waals surface area contributed by atoms with E-state index in [4.69, 9.17) is 26.8 Å². The third-order valence-electron chi connectivity index (χ3n) is 4.51. The van der Waals surface area contributed by atoms with Crippen LogP contribution < -0.4 is 16.2 Å². The average Bonchev–Trinajstić information content (AvgIpc) is 2.59. The third kappa shape index (κ3) is 4.64. The topological polar surface area (TPSA) is 79.4 Å². The van der Waals surface area contributed by atoms with Crippen molar-refractivity contribution in [3.63, 3.8) is 0 Å². The fourth-order valence-corrected chi connectivity index (χ4v) is 3.04. The monoisotopic (exact) mass is 403 g/mol. The normalized spacial score (nSPS) is 14.1. The van der Waals surface area contributed by atoms with E-state index in [0.717, 1.165) is 0 Å². The van der Waals surface area contributed by atoms with Crippen molar-refractivity contribution < 1.29 is 9.47 Å². The molecule has 6 nitrogen and oxygen atoms in total. The van der Waals surface area contributed by atoms with Crippen molar-refractivity contribution in [3.8, 4) is 5.75 Å². The van der Waals surface area contributed by atoms with Gasteiger partial charge in [-0.25, -0.2) is 4.79 Å². The molecule has 1 aromatic heterocycles. The van der Waals surface area contributed by atoms with Gasteiger partial charge < -0.3 is 15.2 Å². The minimum absolute atomic E-state index is 0.0874. The molecule has 2 aromatic rings. The van der Waals surface area contributed by atoms with Crippen LogP contribution in [0.25, 0.3) is 16.6 Å². The molecule has 1 fully saturated rings. The number of allylic oxidation sites excluding steroid dienone is 4. The number of rotatable bonds is 5. The van der Waals surface area contributed by atoms with Gasteiger partial charge in [-0.3, -0.25) is 4.57 Å². The van der Waals surface area contributed by atoms with Crippen molar-refractivity contribution in [1.82, 2.24) is 9.55 Å². The van der Waals surface area contributed by atoms with Crippen molar-refractivity contribution in [2.75, 3.05) is 20.0 Å². The quantitative estimate of drug-likeness (QED) is 0.747. The summed E-state index contributed by atoms with van der Waals surface area (Å²) in [5.41, 5.74) is 7.10. The van der Waals surface area contributed by atoms with Crippen LogP contribution in [-0.2, 0) is 4.74 Å². The lowest BCUT2D eigenvalue weighted by Crippen LogP contribution is -2.24. The number of nitrogen functional groups attached to an aromatic ring is 1. The van der Waals surface area contributed by atoms with Gasteiger partial charge in [-0.15, -0.1) is 0 Å². The zero-order valence-electron chi connectivity index (χ0n) is 16.5. The first kappa shape index (κ1) is 21.7. The Morgan fingerprint density at radius 2 is 2.07 bits per heavy atom. The van der Waals surface area contributed by atoms with Crippen LogP contribution >= 0.6 is 11.6 Å². The molecule has 2 N–H and O–H groups in total. The molecule has 0 amide bonds. The molecule has 0 aliphatic heterocycles. The molecule has 3 rings (SSSR count). The number of nitrogens with two attached hydrogens (primary N) is 1. The Morgan fingerprint density at radius 1 is 1.39 bits per heavy atom. The summed E-state index contributed by atoms with van der Waals surface area (Å²) in [6, 6.07) is 3.26. The largest absolute Gasteiger partial charge is 0.496 e. The molecule has 0 radical (unpaired) electrons. The van der Waals surface area contributed by atoms with Gasteiger partial charge in [0.2, 0.25) is 0 Å². The van der Waals surface area contributed by atoms with Gasteiger partial charge in [0, 0.05) is 12.1 Å². The predicted molar refractivity (Wildman–Crippen MR) is 116 cm³/mol. The molecule has 1 aliphatic carbocycles. The average molecular weight is 404 g/mol. The number of ether oxygens (including phenoxy) is 2. The zero-order valence-corrected chi connectivity index (χ0v) is 17.3. The van der Waals surface area contributed by atoms with Crippen LogP contribution in [0.1, 0.15) is 26.2 Å². The summed E-state index contributed by atoms with van der Waals surface area (Å²) in [4.78, 5) is 16.2. The SMILES string of the molecule is C=C/C=C(\C(=C)C)n1c(=O)nc(N)c2c(OC)cc(Cl)cc21.COC1CCC1. The summed E-state index contributed by atoms with van der Waals surface area (Å²) in [7, 11) is 3.28. The zero-order chi connectivity index (χ0) is 20.8. The molecular formula is C21H26ClN3O3. The van der Waals surface area contributed by atoms with Crippen molar-refractivity contribution >= 4 is 34.0 Å². The van der Waals surface area contributed by atoms with Crippen molar-refractivity contribution in [3.05, 3.63) is 58.5 Å². The maximum Gasteiger partial charge on any atom is 0.354 e. The number of benzene rings is 1. The van der Waals surface area contributed by atoms with Crippen molar-refractivity contribution in [2.45, 2.75) is 32.3 Å². The smallest absolute Gasteiger partial charge is 0.354 e. The Morgan fingerprint density at radius 3 is 2.50 bits per heavy atom. The number of aromatic nitrogens is 2. The standard InChI is InChI=1S/C16H16ClN3O2.C5H10O/c1-5-6-11(9(2)3)20-12-7-10(17)8-13(22-4)14(12)15(18)19-16(20)21;1-6-5-3-2-4-5/h5-8H,1-2H2,3-4H3,(H2,18,19,21);5H,2-4H2,1H3/b11-6+;. The summed E-state index contributed by atoms with van der Waals surface area (Å²) in [6.45, 7) is 9.33. The summed E-state index contributed by atoms with van der Waals surface area (Å²) in [5, 5.41) is 0.936. The second-order valence-electron chi connectivity index (χ2n) is 6.47. The Labute approximate surface area is 169 Å². The van der Waals surface area contributed by atoms with Gasteiger partial charge in [-0.05, 0) is 50.0 Å². The number of fused-ring (bicyclic) bond motifs is 1. The first-order valence-electron chi connectivity index (χ1n) is 8.91. The highest BCUT2D eigenvalue weighted by atomic mass is 35.5. The molecule has 28 heavy (non-hydrogen) atoms. The highest BCUT2D eigenvalue weighted by Gasteiger charge is 2.17. The van der Waals surface area contributed by atoms with E-state index in [1.165, 1.54) is 30.9 Å². The minimum atomic E-state index is -0.523. The summed E-state index contributed by atoms with van der Waals surface area (Å²) >= 11 is 6.12. The second kappa shape index (κ2) is 9.57. The summed E-state index contributed by atoms with van der Waals surface area (Å²) in [6.07, 6.45) is 7.81. The first-order valence-corrected chi connectivity index (χ1v) is 9.29. The first-order chi connectivity index (χ1) is 13.3. The van der Waals surface area contributed by atoms with Gasteiger partial charge in [-0.2, -0.15) is 4.98 Å². The maximum atomic E-state index is 12.4. The lowest BCUT2D eigenvalue weighted by Gasteiger charge is -2.22. The molecule has 0 spiro atoms. The van der Waals surface area contributed by atoms with Crippen LogP contribution in [0.4, 0.5) is 5.82 Å². The van der Waals surface area contributed by atoms with E-state index in [1.54, 1.807) is 38.3 Å². The van der Waals surface area contributed by atoms with Crippen molar-refractivity contribution in [1.29, 1.82) is 0 Å². The number of hydrogen-bond donors (Lipinski definition) is 1. The predicted octanol–water partition coefficient (Wildman–Crippen LogP) is 4.43. The third-order valence-corrected chi connectivity index (χ3v) is 4.73. The van der Waals surface area contributed by atoms with E-state index in [2.05, 4.69) is 18.1 Å². The highest BCUT2D eigenvalue weighted by molar-refractivity contribution is 6.31. The van der Waals surface area contributed by atoms with E-state index in [-0.39, 0.29) is 5.82 Å². The highest BCUT2D eigenvalue weighted by Crippen LogP contribution is 2.33. The van der Waals surface area contributed by atoms with E-state index in [1.807, 2.05) is 0 Å². The number of methoxy groups -OCH3 is 2. The minimum Gasteiger partial charge on any atom is -0.496 e. The molecule has 1 aliphatic rings. The van der Waals surface area contributed by atoms with Crippen LogP contribution in [0, 0.1) is 0 Å².